The molecule has 0 saturated heterocycles. The summed E-state index contributed by atoms with van der Waals surface area (Å²) in [6, 6.07) is 7.64. The summed E-state index contributed by atoms with van der Waals surface area (Å²) in [6.45, 7) is 0. The average molecular weight is 213 g/mol. The summed E-state index contributed by atoms with van der Waals surface area (Å²) in [5, 5.41) is 0. The van der Waals surface area contributed by atoms with Gasteiger partial charge in [0.1, 0.15) is 0 Å². The van der Waals surface area contributed by atoms with E-state index in [0.717, 1.165) is 16.9 Å². The highest BCUT2D eigenvalue weighted by molar-refractivity contribution is 5.61. The van der Waals surface area contributed by atoms with Crippen LogP contribution in [0.15, 0.2) is 47.8 Å². The first-order valence-electron chi connectivity index (χ1n) is 4.82. The molecule has 0 aliphatic carbocycles. The number of hydrogen-bond donors (Lipinski definition) is 0. The van der Waals surface area contributed by atoms with Crippen molar-refractivity contribution in [3.8, 4) is 11.3 Å². The quantitative estimate of drug-likeness (QED) is 0.581. The van der Waals surface area contributed by atoms with Crippen LogP contribution in [0.4, 0.5) is 5.69 Å². The second-order valence-electron chi connectivity index (χ2n) is 3.11. The van der Waals surface area contributed by atoms with Gasteiger partial charge in [0.25, 0.3) is 0 Å². The molecular formula is C12H11N3O. The first-order valence-corrected chi connectivity index (χ1v) is 4.82. The van der Waals surface area contributed by atoms with E-state index in [-0.39, 0.29) is 0 Å². The number of hydrogen-bond acceptors (Lipinski definition) is 4. The number of methoxy groups -OCH3 is 1. The summed E-state index contributed by atoms with van der Waals surface area (Å²) in [6.07, 6.45) is 6.57. The predicted molar refractivity (Wildman–Crippen MR) is 62.6 cm³/mol. The van der Waals surface area contributed by atoms with E-state index in [1.165, 1.54) is 6.40 Å². The van der Waals surface area contributed by atoms with E-state index in [1.807, 2.05) is 24.3 Å². The lowest BCUT2D eigenvalue weighted by atomic mass is 10.2. The SMILES string of the molecule is CO/C=N\c1ccc(-c2ccncc2)nc1. The molecule has 2 aromatic heterocycles. The minimum Gasteiger partial charge on any atom is -0.486 e. The van der Waals surface area contributed by atoms with Crippen LogP contribution in [0.5, 0.6) is 0 Å². The number of aromatic nitrogens is 2. The van der Waals surface area contributed by atoms with Crippen LogP contribution in [0.1, 0.15) is 0 Å². The van der Waals surface area contributed by atoms with Crippen molar-refractivity contribution < 1.29 is 4.74 Å². The van der Waals surface area contributed by atoms with Gasteiger partial charge in [-0.25, -0.2) is 4.99 Å². The average Bonchev–Trinajstić information content (AvgIpc) is 2.38. The molecule has 0 amide bonds. The maximum atomic E-state index is 4.73. The Morgan fingerprint density at radius 3 is 2.62 bits per heavy atom. The first kappa shape index (κ1) is 10.3. The third kappa shape index (κ3) is 2.42. The highest BCUT2D eigenvalue weighted by atomic mass is 16.5. The number of aliphatic imine (C=N–C) groups is 1. The number of nitrogens with zero attached hydrogens (tertiary/aromatic N) is 3. The van der Waals surface area contributed by atoms with Crippen LogP contribution in [0, 0.1) is 0 Å². The molecule has 0 spiro atoms. The molecule has 2 rings (SSSR count). The molecule has 16 heavy (non-hydrogen) atoms. The fraction of sp³-hybridized carbons (Fsp3) is 0.0833. The van der Waals surface area contributed by atoms with Crippen molar-refractivity contribution >= 4 is 12.1 Å². The number of rotatable bonds is 3. The van der Waals surface area contributed by atoms with Crippen LogP contribution < -0.4 is 0 Å². The van der Waals surface area contributed by atoms with Gasteiger partial charge in [0.2, 0.25) is 0 Å². The molecule has 0 unspecified atom stereocenters. The minimum absolute atomic E-state index is 0.764. The van der Waals surface area contributed by atoms with Gasteiger partial charge in [-0.3, -0.25) is 9.97 Å². The van der Waals surface area contributed by atoms with Gasteiger partial charge in [0.05, 0.1) is 24.7 Å². The fourth-order valence-electron chi connectivity index (χ4n) is 1.27. The zero-order valence-electron chi connectivity index (χ0n) is 8.87. The lowest BCUT2D eigenvalue weighted by molar-refractivity contribution is 0.423. The highest BCUT2D eigenvalue weighted by Gasteiger charge is 1.97. The summed E-state index contributed by atoms with van der Waals surface area (Å²) < 4.78 is 4.73. The number of pyridine rings is 2. The first-order chi connectivity index (χ1) is 7.90. The van der Waals surface area contributed by atoms with E-state index >= 15 is 0 Å². The van der Waals surface area contributed by atoms with Crippen molar-refractivity contribution in [2.45, 2.75) is 0 Å². The Hall–Kier alpha value is -2.23. The molecule has 0 aromatic carbocycles. The minimum atomic E-state index is 0.764. The van der Waals surface area contributed by atoms with E-state index in [4.69, 9.17) is 4.74 Å². The van der Waals surface area contributed by atoms with Crippen LogP contribution in [0.25, 0.3) is 11.3 Å². The molecule has 0 bridgehead atoms. The molecular weight excluding hydrogens is 202 g/mol. The van der Waals surface area contributed by atoms with Crippen molar-refractivity contribution in [1.29, 1.82) is 0 Å². The summed E-state index contributed by atoms with van der Waals surface area (Å²) in [5.74, 6) is 0. The van der Waals surface area contributed by atoms with Crippen LogP contribution in [-0.4, -0.2) is 23.5 Å². The normalized spacial score (nSPS) is 10.6. The molecule has 80 valence electrons. The fourth-order valence-corrected chi connectivity index (χ4v) is 1.27. The topological polar surface area (TPSA) is 47.4 Å². The van der Waals surface area contributed by atoms with Crippen molar-refractivity contribution in [3.05, 3.63) is 42.9 Å². The van der Waals surface area contributed by atoms with Gasteiger partial charge < -0.3 is 4.74 Å². The van der Waals surface area contributed by atoms with Crippen LogP contribution in [0.2, 0.25) is 0 Å². The lowest BCUT2D eigenvalue weighted by Crippen LogP contribution is -1.83. The summed E-state index contributed by atoms with van der Waals surface area (Å²) in [4.78, 5) is 12.3. The second-order valence-corrected chi connectivity index (χ2v) is 3.11. The second kappa shape index (κ2) is 5.02. The third-order valence-corrected chi connectivity index (χ3v) is 2.03. The van der Waals surface area contributed by atoms with Crippen molar-refractivity contribution in [2.24, 2.45) is 4.99 Å². The van der Waals surface area contributed by atoms with Gasteiger partial charge in [-0.1, -0.05) is 0 Å². The van der Waals surface area contributed by atoms with E-state index in [0.29, 0.717) is 0 Å². The van der Waals surface area contributed by atoms with E-state index in [2.05, 4.69) is 15.0 Å². The molecule has 4 nitrogen and oxygen atoms in total. The standard InChI is InChI=1S/C12H11N3O/c1-16-9-15-11-2-3-12(14-8-11)10-4-6-13-7-5-10/h2-9H,1H3/b15-9-. The maximum absolute atomic E-state index is 4.73. The van der Waals surface area contributed by atoms with Gasteiger partial charge in [0.15, 0.2) is 6.40 Å². The molecule has 2 aromatic rings. The van der Waals surface area contributed by atoms with Crippen molar-refractivity contribution in [2.75, 3.05) is 7.11 Å². The Morgan fingerprint density at radius 1 is 1.19 bits per heavy atom. The van der Waals surface area contributed by atoms with Gasteiger partial charge in [-0.15, -0.1) is 0 Å². The summed E-state index contributed by atoms with van der Waals surface area (Å²) in [5.41, 5.74) is 2.70. The van der Waals surface area contributed by atoms with E-state index in [1.54, 1.807) is 25.7 Å². The predicted octanol–water partition coefficient (Wildman–Crippen LogP) is 2.45. The Balaban J connectivity index is 2.23. The van der Waals surface area contributed by atoms with Crippen LogP contribution >= 0.6 is 0 Å². The molecule has 0 aliphatic heterocycles. The van der Waals surface area contributed by atoms with Gasteiger partial charge in [-0.05, 0) is 24.3 Å². The Kier molecular flexibility index (Phi) is 3.23. The van der Waals surface area contributed by atoms with Gasteiger partial charge in [0, 0.05) is 18.0 Å². The molecule has 0 fully saturated rings. The highest BCUT2D eigenvalue weighted by Crippen LogP contribution is 2.18. The maximum Gasteiger partial charge on any atom is 0.174 e. The molecule has 0 atom stereocenters. The van der Waals surface area contributed by atoms with Gasteiger partial charge in [-0.2, -0.15) is 0 Å². The zero-order valence-corrected chi connectivity index (χ0v) is 8.87. The molecule has 0 aliphatic rings. The Labute approximate surface area is 93.7 Å². The molecule has 4 heteroatoms. The Bertz CT molecular complexity index is 465. The zero-order chi connectivity index (χ0) is 11.2. The van der Waals surface area contributed by atoms with Crippen molar-refractivity contribution in [3.63, 3.8) is 0 Å². The van der Waals surface area contributed by atoms with Crippen molar-refractivity contribution in [1.82, 2.24) is 9.97 Å². The van der Waals surface area contributed by atoms with E-state index < -0.39 is 0 Å². The van der Waals surface area contributed by atoms with Crippen LogP contribution in [-0.2, 0) is 4.74 Å². The largest absolute Gasteiger partial charge is 0.486 e. The molecule has 0 radical (unpaired) electrons. The third-order valence-electron chi connectivity index (χ3n) is 2.03. The van der Waals surface area contributed by atoms with E-state index in [9.17, 15) is 0 Å². The summed E-state index contributed by atoms with van der Waals surface area (Å²) in [7, 11) is 1.56. The lowest BCUT2D eigenvalue weighted by Gasteiger charge is -1.99. The van der Waals surface area contributed by atoms with Gasteiger partial charge >= 0.3 is 0 Å². The monoisotopic (exact) mass is 213 g/mol. The molecule has 0 N–H and O–H groups in total. The smallest absolute Gasteiger partial charge is 0.174 e. The molecule has 0 saturated carbocycles. The number of ether oxygens (including phenoxy) is 1. The van der Waals surface area contributed by atoms with Crippen LogP contribution in [0.3, 0.4) is 0 Å². The summed E-state index contributed by atoms with van der Waals surface area (Å²) >= 11 is 0. The Morgan fingerprint density at radius 2 is 2.00 bits per heavy atom. The molecule has 2 heterocycles.